The van der Waals surface area contributed by atoms with Gasteiger partial charge in [-0.05, 0) is 23.8 Å². The highest BCUT2D eigenvalue weighted by atomic mass is 19.1. The second kappa shape index (κ2) is 5.07. The van der Waals surface area contributed by atoms with Crippen LogP contribution in [0.15, 0.2) is 28.9 Å². The molecule has 0 aliphatic carbocycles. The fourth-order valence-electron chi connectivity index (χ4n) is 1.75. The first-order valence-corrected chi connectivity index (χ1v) is 6.27. The highest BCUT2D eigenvalue weighted by Crippen LogP contribution is 2.23. The molecule has 2 rings (SSSR count). The summed E-state index contributed by atoms with van der Waals surface area (Å²) in [5.74, 6) is 0.0380. The lowest BCUT2D eigenvalue weighted by Gasteiger charge is -2.16. The monoisotopic (exact) mass is 276 g/mol. The molecule has 1 aromatic carbocycles. The van der Waals surface area contributed by atoms with Gasteiger partial charge in [0.1, 0.15) is 11.5 Å². The van der Waals surface area contributed by atoms with E-state index in [0.717, 1.165) is 0 Å². The van der Waals surface area contributed by atoms with Crippen LogP contribution in [-0.2, 0) is 4.79 Å². The molecule has 0 bridgehead atoms. The number of carbonyl (C=O) groups is 1. The number of carbonyl (C=O) groups excluding carboxylic acids is 1. The second-order valence-corrected chi connectivity index (χ2v) is 5.59. The molecule has 1 amide bonds. The molecule has 1 aromatic rings. The minimum Gasteiger partial charge on any atom is -0.494 e. The van der Waals surface area contributed by atoms with E-state index in [9.17, 15) is 9.18 Å². The number of halogens is 1. The van der Waals surface area contributed by atoms with Crippen molar-refractivity contribution >= 4 is 17.8 Å². The average molecular weight is 276 g/mol. The number of aliphatic imine (C=N–C) groups is 1. The van der Waals surface area contributed by atoms with E-state index in [1.165, 1.54) is 19.2 Å². The van der Waals surface area contributed by atoms with Gasteiger partial charge < -0.3 is 10.1 Å². The summed E-state index contributed by atoms with van der Waals surface area (Å²) in [6, 6.07) is 4.50. The summed E-state index contributed by atoms with van der Waals surface area (Å²) >= 11 is 0. The summed E-state index contributed by atoms with van der Waals surface area (Å²) < 4.78 is 18.4. The lowest BCUT2D eigenvalue weighted by molar-refractivity contribution is -0.115. The van der Waals surface area contributed by atoms with Gasteiger partial charge in [0.25, 0.3) is 5.91 Å². The molecule has 106 valence electrons. The Balaban J connectivity index is 2.34. The van der Waals surface area contributed by atoms with Gasteiger partial charge in [0.2, 0.25) is 0 Å². The summed E-state index contributed by atoms with van der Waals surface area (Å²) in [6.45, 7) is 5.88. The molecule has 0 aromatic heterocycles. The molecule has 0 radical (unpaired) electrons. The molecule has 0 saturated carbocycles. The molecule has 0 fully saturated rings. The van der Waals surface area contributed by atoms with Crippen LogP contribution in [0.25, 0.3) is 6.08 Å². The van der Waals surface area contributed by atoms with Gasteiger partial charge in [-0.15, -0.1) is 0 Å². The zero-order valence-electron chi connectivity index (χ0n) is 12.0. The van der Waals surface area contributed by atoms with Crippen molar-refractivity contribution in [2.75, 3.05) is 7.11 Å². The van der Waals surface area contributed by atoms with E-state index in [1.54, 1.807) is 12.1 Å². The van der Waals surface area contributed by atoms with Crippen LogP contribution in [-0.4, -0.2) is 18.9 Å². The number of rotatable bonds is 2. The van der Waals surface area contributed by atoms with Gasteiger partial charge in [0.15, 0.2) is 11.6 Å². The fourth-order valence-corrected chi connectivity index (χ4v) is 1.75. The van der Waals surface area contributed by atoms with Crippen molar-refractivity contribution in [2.45, 2.75) is 20.8 Å². The summed E-state index contributed by atoms with van der Waals surface area (Å²) in [5.41, 5.74) is 0.600. The molecule has 20 heavy (non-hydrogen) atoms. The molecule has 1 N–H and O–H groups in total. The van der Waals surface area contributed by atoms with Crippen LogP contribution < -0.4 is 10.1 Å². The summed E-state index contributed by atoms with van der Waals surface area (Å²) in [7, 11) is 1.40. The SMILES string of the molecule is COc1ccc(/C=C2/N=C(C(C)(C)C)NC2=O)cc1F. The van der Waals surface area contributed by atoms with Crippen LogP contribution in [0, 0.1) is 11.2 Å². The maximum atomic E-state index is 13.6. The third-order valence-corrected chi connectivity index (χ3v) is 2.89. The molecule has 1 aliphatic heterocycles. The Morgan fingerprint density at radius 3 is 2.55 bits per heavy atom. The maximum Gasteiger partial charge on any atom is 0.275 e. The molecule has 1 aliphatic rings. The van der Waals surface area contributed by atoms with Crippen molar-refractivity contribution in [1.29, 1.82) is 0 Å². The van der Waals surface area contributed by atoms with E-state index in [4.69, 9.17) is 4.74 Å². The molecule has 5 heteroatoms. The highest BCUT2D eigenvalue weighted by molar-refractivity contribution is 6.15. The molecule has 4 nitrogen and oxygen atoms in total. The summed E-state index contributed by atoms with van der Waals surface area (Å²) in [5, 5.41) is 2.73. The van der Waals surface area contributed by atoms with Crippen molar-refractivity contribution in [3.05, 3.63) is 35.3 Å². The van der Waals surface area contributed by atoms with Crippen molar-refractivity contribution in [3.63, 3.8) is 0 Å². The molecule has 0 unspecified atom stereocenters. The predicted molar refractivity (Wildman–Crippen MR) is 76.0 cm³/mol. The Hall–Kier alpha value is -2.17. The Bertz CT molecular complexity index is 613. The Labute approximate surface area is 117 Å². The highest BCUT2D eigenvalue weighted by Gasteiger charge is 2.28. The van der Waals surface area contributed by atoms with Crippen molar-refractivity contribution < 1.29 is 13.9 Å². The molecular formula is C15H17FN2O2. The molecule has 0 spiro atoms. The lowest BCUT2D eigenvalue weighted by atomic mass is 9.95. The number of ether oxygens (including phenoxy) is 1. The third-order valence-electron chi connectivity index (χ3n) is 2.89. The summed E-state index contributed by atoms with van der Waals surface area (Å²) in [6.07, 6.45) is 1.55. The standard InChI is InChI=1S/C15H17FN2O2/c1-15(2,3)14-17-11(13(19)18-14)8-9-5-6-12(20-4)10(16)7-9/h5-8H,1-4H3,(H,17,18,19)/b11-8+. The Morgan fingerprint density at radius 2 is 2.05 bits per heavy atom. The van der Waals surface area contributed by atoms with Crippen LogP contribution >= 0.6 is 0 Å². The number of amidine groups is 1. The minimum atomic E-state index is -0.472. The van der Waals surface area contributed by atoms with Crippen molar-refractivity contribution in [2.24, 2.45) is 10.4 Å². The third kappa shape index (κ3) is 2.87. The number of nitrogens with zero attached hydrogens (tertiary/aromatic N) is 1. The van der Waals surface area contributed by atoms with Crippen LogP contribution in [0.3, 0.4) is 0 Å². The maximum absolute atomic E-state index is 13.6. The van der Waals surface area contributed by atoms with E-state index in [2.05, 4.69) is 10.3 Å². The van der Waals surface area contributed by atoms with E-state index in [-0.39, 0.29) is 22.8 Å². The molecule has 0 saturated heterocycles. The van der Waals surface area contributed by atoms with E-state index < -0.39 is 5.82 Å². The number of benzene rings is 1. The normalized spacial score (nSPS) is 17.1. The number of nitrogens with one attached hydrogen (secondary N) is 1. The molecule has 1 heterocycles. The lowest BCUT2D eigenvalue weighted by Crippen LogP contribution is -2.34. The van der Waals surface area contributed by atoms with E-state index in [0.29, 0.717) is 11.4 Å². The Morgan fingerprint density at radius 1 is 1.35 bits per heavy atom. The van der Waals surface area contributed by atoms with Crippen molar-refractivity contribution in [3.8, 4) is 5.75 Å². The van der Waals surface area contributed by atoms with E-state index >= 15 is 0 Å². The van der Waals surface area contributed by atoms with Gasteiger partial charge in [0.05, 0.1) is 7.11 Å². The first kappa shape index (κ1) is 14.2. The van der Waals surface area contributed by atoms with Gasteiger partial charge in [-0.3, -0.25) is 4.79 Å². The number of hydrogen-bond acceptors (Lipinski definition) is 3. The van der Waals surface area contributed by atoms with Crippen molar-refractivity contribution in [1.82, 2.24) is 5.32 Å². The first-order valence-electron chi connectivity index (χ1n) is 6.27. The van der Waals surface area contributed by atoms with Gasteiger partial charge in [-0.2, -0.15) is 0 Å². The fraction of sp³-hybridized carbons (Fsp3) is 0.333. The predicted octanol–water partition coefficient (Wildman–Crippen LogP) is 2.75. The molecule has 0 atom stereocenters. The molecular weight excluding hydrogens is 259 g/mol. The van der Waals surface area contributed by atoms with Gasteiger partial charge in [-0.1, -0.05) is 26.8 Å². The number of amides is 1. The number of methoxy groups -OCH3 is 1. The largest absolute Gasteiger partial charge is 0.494 e. The topological polar surface area (TPSA) is 50.7 Å². The van der Waals surface area contributed by atoms with Gasteiger partial charge in [-0.25, -0.2) is 9.38 Å². The van der Waals surface area contributed by atoms with Gasteiger partial charge in [0, 0.05) is 5.41 Å². The quantitative estimate of drug-likeness (QED) is 0.844. The van der Waals surface area contributed by atoms with Crippen LogP contribution in [0.2, 0.25) is 0 Å². The van der Waals surface area contributed by atoms with Crippen LogP contribution in [0.4, 0.5) is 4.39 Å². The Kier molecular flexibility index (Phi) is 3.61. The second-order valence-electron chi connectivity index (χ2n) is 5.59. The number of hydrogen-bond donors (Lipinski definition) is 1. The van der Waals surface area contributed by atoms with Crippen LogP contribution in [0.1, 0.15) is 26.3 Å². The zero-order valence-corrected chi connectivity index (χ0v) is 12.0. The van der Waals surface area contributed by atoms with Crippen LogP contribution in [0.5, 0.6) is 5.75 Å². The average Bonchev–Trinajstić information content (AvgIpc) is 2.71. The van der Waals surface area contributed by atoms with Gasteiger partial charge >= 0.3 is 0 Å². The minimum absolute atomic E-state index is 0.168. The first-order chi connectivity index (χ1) is 9.31. The smallest absolute Gasteiger partial charge is 0.275 e. The van der Waals surface area contributed by atoms with E-state index in [1.807, 2.05) is 20.8 Å². The summed E-state index contributed by atoms with van der Waals surface area (Å²) in [4.78, 5) is 16.1. The zero-order chi connectivity index (χ0) is 14.9.